The van der Waals surface area contributed by atoms with Crippen LogP contribution in [0.1, 0.15) is 37.3 Å². The summed E-state index contributed by atoms with van der Waals surface area (Å²) >= 11 is 0. The second-order valence-corrected chi connectivity index (χ2v) is 5.79. The Morgan fingerprint density at radius 3 is 2.74 bits per heavy atom. The minimum Gasteiger partial charge on any atom is -0.380 e. The minimum absolute atomic E-state index is 0.368. The normalized spacial score (nSPS) is 18.3. The Bertz CT molecular complexity index is 387. The zero-order valence-corrected chi connectivity index (χ0v) is 12.5. The molecular formula is C17H27NO. The van der Waals surface area contributed by atoms with Crippen molar-refractivity contribution in [2.24, 2.45) is 5.92 Å². The van der Waals surface area contributed by atoms with Gasteiger partial charge in [-0.25, -0.2) is 0 Å². The van der Waals surface area contributed by atoms with Crippen molar-refractivity contribution >= 4 is 0 Å². The van der Waals surface area contributed by atoms with Crippen LogP contribution in [0.2, 0.25) is 0 Å². The van der Waals surface area contributed by atoms with Crippen LogP contribution in [0.3, 0.4) is 0 Å². The molecule has 106 valence electrons. The molecule has 0 aliphatic heterocycles. The van der Waals surface area contributed by atoms with Gasteiger partial charge >= 0.3 is 0 Å². The first-order chi connectivity index (χ1) is 9.24. The summed E-state index contributed by atoms with van der Waals surface area (Å²) in [4.78, 5) is 0. The second-order valence-electron chi connectivity index (χ2n) is 5.79. The molecule has 1 fully saturated rings. The fourth-order valence-corrected chi connectivity index (χ4v) is 2.84. The van der Waals surface area contributed by atoms with Crippen molar-refractivity contribution in [3.05, 3.63) is 35.4 Å². The molecule has 0 aromatic heterocycles. The molecular weight excluding hydrogens is 234 g/mol. The fourth-order valence-electron chi connectivity index (χ4n) is 2.84. The van der Waals surface area contributed by atoms with Gasteiger partial charge in [-0.3, -0.25) is 0 Å². The Morgan fingerprint density at radius 1 is 1.37 bits per heavy atom. The van der Waals surface area contributed by atoms with Gasteiger partial charge in [-0.05, 0) is 50.6 Å². The lowest BCUT2D eigenvalue weighted by atomic mass is 9.97. The molecule has 2 heteroatoms. The van der Waals surface area contributed by atoms with E-state index in [0.29, 0.717) is 12.1 Å². The number of benzene rings is 1. The number of aryl methyl sites for hydroxylation is 1. The molecule has 0 saturated heterocycles. The summed E-state index contributed by atoms with van der Waals surface area (Å²) in [5, 5.41) is 3.68. The quantitative estimate of drug-likeness (QED) is 0.775. The van der Waals surface area contributed by atoms with Crippen molar-refractivity contribution in [3.8, 4) is 0 Å². The summed E-state index contributed by atoms with van der Waals surface area (Å²) in [7, 11) is 1.86. The summed E-state index contributed by atoms with van der Waals surface area (Å²) in [6.07, 6.45) is 5.27. The minimum atomic E-state index is 0.368. The van der Waals surface area contributed by atoms with Gasteiger partial charge in [-0.2, -0.15) is 0 Å². The molecule has 1 aliphatic rings. The van der Waals surface area contributed by atoms with Gasteiger partial charge in [0.2, 0.25) is 0 Å². The van der Waals surface area contributed by atoms with E-state index in [-0.39, 0.29) is 0 Å². The topological polar surface area (TPSA) is 21.3 Å². The van der Waals surface area contributed by atoms with E-state index in [1.807, 2.05) is 7.11 Å². The maximum Gasteiger partial charge on any atom is 0.0755 e. The van der Waals surface area contributed by atoms with Crippen LogP contribution in [0.25, 0.3) is 0 Å². The summed E-state index contributed by atoms with van der Waals surface area (Å²) in [6, 6.07) is 9.28. The predicted molar refractivity (Wildman–Crippen MR) is 80.5 cm³/mol. The van der Waals surface area contributed by atoms with E-state index in [1.165, 1.54) is 30.4 Å². The molecule has 1 N–H and O–H groups in total. The van der Waals surface area contributed by atoms with Gasteiger partial charge in [-0.1, -0.05) is 36.8 Å². The van der Waals surface area contributed by atoms with Gasteiger partial charge in [0.05, 0.1) is 6.10 Å². The number of hydrogen-bond donors (Lipinski definition) is 1. The van der Waals surface area contributed by atoms with Crippen LogP contribution in [0.15, 0.2) is 24.3 Å². The molecule has 19 heavy (non-hydrogen) atoms. The van der Waals surface area contributed by atoms with Gasteiger partial charge in [-0.15, -0.1) is 0 Å². The van der Waals surface area contributed by atoms with Crippen molar-refractivity contribution in [3.63, 3.8) is 0 Å². The largest absolute Gasteiger partial charge is 0.380 e. The van der Waals surface area contributed by atoms with E-state index < -0.39 is 0 Å². The van der Waals surface area contributed by atoms with Crippen molar-refractivity contribution in [1.82, 2.24) is 5.32 Å². The number of rotatable bonds is 8. The Morgan fingerprint density at radius 2 is 2.16 bits per heavy atom. The molecule has 0 bridgehead atoms. The van der Waals surface area contributed by atoms with Gasteiger partial charge in [0.1, 0.15) is 0 Å². The summed E-state index contributed by atoms with van der Waals surface area (Å²) in [5.74, 6) is 0.768. The zero-order chi connectivity index (χ0) is 13.7. The van der Waals surface area contributed by atoms with Gasteiger partial charge < -0.3 is 10.1 Å². The maximum absolute atomic E-state index is 5.77. The van der Waals surface area contributed by atoms with E-state index in [9.17, 15) is 0 Å². The Hall–Kier alpha value is -0.860. The summed E-state index contributed by atoms with van der Waals surface area (Å²) < 4.78 is 5.77. The lowest BCUT2D eigenvalue weighted by Gasteiger charge is -2.27. The van der Waals surface area contributed by atoms with Crippen LogP contribution >= 0.6 is 0 Å². The average molecular weight is 261 g/mol. The molecule has 0 radical (unpaired) electrons. The molecule has 2 rings (SSSR count). The molecule has 0 amide bonds. The lowest BCUT2D eigenvalue weighted by molar-refractivity contribution is 0.0511. The van der Waals surface area contributed by atoms with E-state index in [0.717, 1.165) is 18.9 Å². The molecule has 0 heterocycles. The van der Waals surface area contributed by atoms with Crippen molar-refractivity contribution < 1.29 is 4.74 Å². The van der Waals surface area contributed by atoms with Crippen LogP contribution in [0.5, 0.6) is 0 Å². The van der Waals surface area contributed by atoms with E-state index in [1.54, 1.807) is 0 Å². The van der Waals surface area contributed by atoms with E-state index in [4.69, 9.17) is 4.74 Å². The predicted octanol–water partition coefficient (Wildman–Crippen LogP) is 3.33. The number of ether oxygens (including phenoxy) is 1. The molecule has 1 aromatic carbocycles. The molecule has 2 unspecified atom stereocenters. The van der Waals surface area contributed by atoms with Crippen LogP contribution in [-0.2, 0) is 11.2 Å². The Kier molecular flexibility index (Phi) is 5.41. The van der Waals surface area contributed by atoms with E-state index >= 15 is 0 Å². The van der Waals surface area contributed by atoms with Gasteiger partial charge in [0, 0.05) is 13.2 Å². The monoisotopic (exact) mass is 261 g/mol. The SMILES string of the molecule is CCCNC(Cc1cccc(C)c1)C(OC)C1CC1. The van der Waals surface area contributed by atoms with Crippen molar-refractivity contribution in [2.75, 3.05) is 13.7 Å². The second kappa shape index (κ2) is 7.06. The molecule has 1 aliphatic carbocycles. The zero-order valence-electron chi connectivity index (χ0n) is 12.5. The molecule has 2 nitrogen and oxygen atoms in total. The van der Waals surface area contributed by atoms with Crippen LogP contribution in [0.4, 0.5) is 0 Å². The molecule has 1 aromatic rings. The fraction of sp³-hybridized carbons (Fsp3) is 0.647. The van der Waals surface area contributed by atoms with Crippen molar-refractivity contribution in [2.45, 2.75) is 51.7 Å². The summed E-state index contributed by atoms with van der Waals surface area (Å²) in [5.41, 5.74) is 2.75. The van der Waals surface area contributed by atoms with Gasteiger partial charge in [0.15, 0.2) is 0 Å². The summed E-state index contributed by atoms with van der Waals surface area (Å²) in [6.45, 7) is 5.45. The Balaban J connectivity index is 2.03. The number of methoxy groups -OCH3 is 1. The highest BCUT2D eigenvalue weighted by Crippen LogP contribution is 2.36. The number of nitrogens with one attached hydrogen (secondary N) is 1. The first-order valence-electron chi connectivity index (χ1n) is 7.56. The Labute approximate surface area is 117 Å². The highest BCUT2D eigenvalue weighted by molar-refractivity contribution is 5.23. The van der Waals surface area contributed by atoms with E-state index in [2.05, 4.69) is 43.4 Å². The van der Waals surface area contributed by atoms with Crippen LogP contribution in [-0.4, -0.2) is 25.8 Å². The molecule has 2 atom stereocenters. The first kappa shape index (κ1) is 14.5. The molecule has 1 saturated carbocycles. The first-order valence-corrected chi connectivity index (χ1v) is 7.56. The van der Waals surface area contributed by atoms with Gasteiger partial charge in [0.25, 0.3) is 0 Å². The van der Waals surface area contributed by atoms with Crippen LogP contribution < -0.4 is 5.32 Å². The third-order valence-electron chi connectivity index (χ3n) is 3.95. The average Bonchev–Trinajstić information content (AvgIpc) is 3.21. The van der Waals surface area contributed by atoms with Crippen LogP contribution in [0, 0.1) is 12.8 Å². The lowest BCUT2D eigenvalue weighted by Crippen LogP contribution is -2.44. The maximum atomic E-state index is 5.77. The smallest absolute Gasteiger partial charge is 0.0755 e. The highest BCUT2D eigenvalue weighted by Gasteiger charge is 2.36. The molecule has 0 spiro atoms. The third kappa shape index (κ3) is 4.32. The highest BCUT2D eigenvalue weighted by atomic mass is 16.5. The standard InChI is InChI=1S/C17H27NO/c1-4-10-18-16(17(19-3)15-8-9-15)12-14-7-5-6-13(2)11-14/h5-7,11,15-18H,4,8-10,12H2,1-3H3. The number of hydrogen-bond acceptors (Lipinski definition) is 2. The van der Waals surface area contributed by atoms with Crippen molar-refractivity contribution in [1.29, 1.82) is 0 Å². The third-order valence-corrected chi connectivity index (χ3v) is 3.95.